The quantitative estimate of drug-likeness (QED) is 0.503. The van der Waals surface area contributed by atoms with Gasteiger partial charge in [0.15, 0.2) is 5.96 Å². The first-order valence-corrected chi connectivity index (χ1v) is 9.88. The summed E-state index contributed by atoms with van der Waals surface area (Å²) in [4.78, 5) is 4.75. The van der Waals surface area contributed by atoms with Gasteiger partial charge >= 0.3 is 0 Å². The fourth-order valence-corrected chi connectivity index (χ4v) is 3.14. The smallest absolute Gasteiger partial charge is 0.191 e. The summed E-state index contributed by atoms with van der Waals surface area (Å²) in [7, 11) is 1.68. The number of methoxy groups -OCH3 is 1. The van der Waals surface area contributed by atoms with Crippen LogP contribution in [-0.2, 0) is 24.2 Å². The standard InChI is InChI=1S/C20H30N6O2/c1-3-19-25-24-15-26(19)9-8-21-20(23-13-17-7-10-28-14-17)22-12-16-5-4-6-18(11-16)27-2/h4-6,11,15,17H,3,7-10,12-14H2,1-2H3,(H2,21,22,23). The Morgan fingerprint density at radius 1 is 1.39 bits per heavy atom. The number of aromatic nitrogens is 3. The third kappa shape index (κ3) is 5.95. The lowest BCUT2D eigenvalue weighted by molar-refractivity contribution is 0.186. The van der Waals surface area contributed by atoms with E-state index >= 15 is 0 Å². The average molecular weight is 387 g/mol. The zero-order chi connectivity index (χ0) is 19.6. The molecule has 0 saturated carbocycles. The zero-order valence-corrected chi connectivity index (χ0v) is 16.7. The maximum atomic E-state index is 5.47. The summed E-state index contributed by atoms with van der Waals surface area (Å²) in [6.07, 6.45) is 3.74. The highest BCUT2D eigenvalue weighted by Crippen LogP contribution is 2.13. The summed E-state index contributed by atoms with van der Waals surface area (Å²) in [6.45, 7) is 6.73. The van der Waals surface area contributed by atoms with E-state index in [1.807, 2.05) is 18.2 Å². The molecule has 0 bridgehead atoms. The molecule has 152 valence electrons. The summed E-state index contributed by atoms with van der Waals surface area (Å²) in [5.41, 5.74) is 1.11. The normalized spacial score (nSPS) is 16.9. The van der Waals surface area contributed by atoms with Crippen molar-refractivity contribution in [3.63, 3.8) is 0 Å². The Labute approximate surface area is 166 Å². The molecule has 1 aliphatic rings. The number of guanidine groups is 1. The fraction of sp³-hybridized carbons (Fsp3) is 0.550. The Hall–Kier alpha value is -2.61. The lowest BCUT2D eigenvalue weighted by Gasteiger charge is -2.15. The molecule has 0 spiro atoms. The van der Waals surface area contributed by atoms with Gasteiger partial charge in [-0.1, -0.05) is 19.1 Å². The Morgan fingerprint density at radius 3 is 3.11 bits per heavy atom. The third-order valence-corrected chi connectivity index (χ3v) is 4.79. The maximum absolute atomic E-state index is 5.47. The van der Waals surface area contributed by atoms with E-state index in [2.05, 4.69) is 38.4 Å². The Morgan fingerprint density at radius 2 is 2.32 bits per heavy atom. The van der Waals surface area contributed by atoms with Gasteiger partial charge in [-0.2, -0.15) is 0 Å². The van der Waals surface area contributed by atoms with E-state index < -0.39 is 0 Å². The summed E-state index contributed by atoms with van der Waals surface area (Å²) < 4.78 is 12.8. The molecular weight excluding hydrogens is 356 g/mol. The van der Waals surface area contributed by atoms with Gasteiger partial charge in [-0.05, 0) is 24.1 Å². The monoisotopic (exact) mass is 386 g/mol. The highest BCUT2D eigenvalue weighted by Gasteiger charge is 2.15. The van der Waals surface area contributed by atoms with Gasteiger partial charge in [0.2, 0.25) is 0 Å². The van der Waals surface area contributed by atoms with E-state index in [4.69, 9.17) is 14.5 Å². The Balaban J connectivity index is 1.58. The molecule has 8 heteroatoms. The van der Waals surface area contributed by atoms with Crippen molar-refractivity contribution in [2.24, 2.45) is 10.9 Å². The Bertz CT molecular complexity index is 755. The van der Waals surface area contributed by atoms with E-state index in [-0.39, 0.29) is 0 Å². The van der Waals surface area contributed by atoms with Crippen molar-refractivity contribution in [2.45, 2.75) is 32.9 Å². The predicted molar refractivity (Wildman–Crippen MR) is 108 cm³/mol. The molecule has 1 aromatic heterocycles. The number of nitrogens with one attached hydrogen (secondary N) is 2. The van der Waals surface area contributed by atoms with Crippen LogP contribution in [0.5, 0.6) is 5.75 Å². The summed E-state index contributed by atoms with van der Waals surface area (Å²) in [6, 6.07) is 7.99. The van der Waals surface area contributed by atoms with Crippen molar-refractivity contribution < 1.29 is 9.47 Å². The van der Waals surface area contributed by atoms with E-state index in [0.717, 1.165) is 68.8 Å². The largest absolute Gasteiger partial charge is 0.497 e. The van der Waals surface area contributed by atoms with Crippen LogP contribution in [0.15, 0.2) is 35.6 Å². The first-order valence-electron chi connectivity index (χ1n) is 9.88. The molecule has 0 radical (unpaired) electrons. The van der Waals surface area contributed by atoms with Crippen LogP contribution >= 0.6 is 0 Å². The first-order chi connectivity index (χ1) is 13.8. The van der Waals surface area contributed by atoms with Gasteiger partial charge in [-0.15, -0.1) is 10.2 Å². The van der Waals surface area contributed by atoms with Gasteiger partial charge in [0, 0.05) is 38.6 Å². The van der Waals surface area contributed by atoms with Gasteiger partial charge in [-0.3, -0.25) is 0 Å². The number of ether oxygens (including phenoxy) is 2. The molecule has 0 amide bonds. The second kappa shape index (κ2) is 10.7. The molecule has 8 nitrogen and oxygen atoms in total. The van der Waals surface area contributed by atoms with Crippen LogP contribution in [0, 0.1) is 5.92 Å². The lowest BCUT2D eigenvalue weighted by atomic mass is 10.1. The topological polar surface area (TPSA) is 85.6 Å². The molecule has 1 aromatic carbocycles. The molecule has 2 heterocycles. The predicted octanol–water partition coefficient (Wildman–Crippen LogP) is 1.62. The number of hydrogen-bond acceptors (Lipinski definition) is 5. The highest BCUT2D eigenvalue weighted by molar-refractivity contribution is 5.79. The summed E-state index contributed by atoms with van der Waals surface area (Å²) in [5, 5.41) is 15.0. The molecule has 1 unspecified atom stereocenters. The molecule has 2 N–H and O–H groups in total. The van der Waals surface area contributed by atoms with E-state index in [1.54, 1.807) is 13.4 Å². The molecule has 0 aliphatic carbocycles. The number of nitrogens with zero attached hydrogens (tertiary/aromatic N) is 4. The summed E-state index contributed by atoms with van der Waals surface area (Å²) in [5.74, 6) is 3.18. The minimum atomic E-state index is 0.536. The van der Waals surface area contributed by atoms with Gasteiger partial charge in [0.25, 0.3) is 0 Å². The molecule has 1 saturated heterocycles. The number of aliphatic imine (C=N–C) groups is 1. The van der Waals surface area contributed by atoms with E-state index in [9.17, 15) is 0 Å². The second-order valence-electron chi connectivity index (χ2n) is 6.85. The van der Waals surface area contributed by atoms with E-state index in [0.29, 0.717) is 12.5 Å². The van der Waals surface area contributed by atoms with Crippen molar-refractivity contribution in [1.82, 2.24) is 25.4 Å². The SMILES string of the molecule is CCc1nncn1CCNC(=NCc1cccc(OC)c1)NCC1CCOC1. The molecular formula is C20H30N6O2. The van der Waals surface area contributed by atoms with Crippen LogP contribution < -0.4 is 15.4 Å². The number of rotatable bonds is 9. The van der Waals surface area contributed by atoms with Crippen LogP contribution in [0.2, 0.25) is 0 Å². The lowest BCUT2D eigenvalue weighted by Crippen LogP contribution is -2.41. The molecule has 1 atom stereocenters. The molecule has 1 fully saturated rings. The van der Waals surface area contributed by atoms with Crippen molar-refractivity contribution in [3.8, 4) is 5.75 Å². The molecule has 2 aromatic rings. The van der Waals surface area contributed by atoms with Crippen LogP contribution in [0.4, 0.5) is 0 Å². The van der Waals surface area contributed by atoms with Gasteiger partial charge in [0.1, 0.15) is 17.9 Å². The van der Waals surface area contributed by atoms with Gasteiger partial charge in [-0.25, -0.2) is 4.99 Å². The zero-order valence-electron chi connectivity index (χ0n) is 16.7. The average Bonchev–Trinajstić information content (AvgIpc) is 3.41. The Kier molecular flexibility index (Phi) is 7.66. The minimum Gasteiger partial charge on any atom is -0.497 e. The van der Waals surface area contributed by atoms with Crippen LogP contribution in [-0.4, -0.2) is 54.1 Å². The first kappa shape index (κ1) is 20.1. The van der Waals surface area contributed by atoms with Gasteiger partial charge < -0.3 is 24.7 Å². The van der Waals surface area contributed by atoms with Crippen LogP contribution in [0.25, 0.3) is 0 Å². The van der Waals surface area contributed by atoms with Crippen molar-refractivity contribution in [2.75, 3.05) is 33.4 Å². The van der Waals surface area contributed by atoms with Crippen molar-refractivity contribution in [3.05, 3.63) is 42.0 Å². The van der Waals surface area contributed by atoms with Crippen LogP contribution in [0.1, 0.15) is 24.7 Å². The highest BCUT2D eigenvalue weighted by atomic mass is 16.5. The fourth-order valence-electron chi connectivity index (χ4n) is 3.14. The minimum absolute atomic E-state index is 0.536. The molecule has 28 heavy (non-hydrogen) atoms. The van der Waals surface area contributed by atoms with E-state index in [1.165, 1.54) is 0 Å². The second-order valence-corrected chi connectivity index (χ2v) is 6.85. The number of aryl methyl sites for hydroxylation is 1. The number of hydrogen-bond donors (Lipinski definition) is 2. The van der Waals surface area contributed by atoms with Crippen LogP contribution in [0.3, 0.4) is 0 Å². The van der Waals surface area contributed by atoms with Crippen molar-refractivity contribution >= 4 is 5.96 Å². The third-order valence-electron chi connectivity index (χ3n) is 4.79. The molecule has 3 rings (SSSR count). The number of benzene rings is 1. The molecule has 1 aliphatic heterocycles. The maximum Gasteiger partial charge on any atom is 0.191 e. The summed E-state index contributed by atoms with van der Waals surface area (Å²) >= 11 is 0. The van der Waals surface area contributed by atoms with Crippen molar-refractivity contribution in [1.29, 1.82) is 0 Å². The van der Waals surface area contributed by atoms with Gasteiger partial charge in [0.05, 0.1) is 20.3 Å².